The summed E-state index contributed by atoms with van der Waals surface area (Å²) in [6.45, 7) is 0. The Morgan fingerprint density at radius 3 is 1.13 bits per heavy atom. The summed E-state index contributed by atoms with van der Waals surface area (Å²) in [5.74, 6) is 0. The number of para-hydroxylation sites is 2. The van der Waals surface area contributed by atoms with E-state index < -0.39 is 0 Å². The molecular formula is C56H35N5. The van der Waals surface area contributed by atoms with E-state index >= 15 is 0 Å². The standard InChI is InChI=1S/C56H35N5/c57-36-38-19-25-44(26-20-38)59(45-27-21-39(37-58)22-28-45)46-33-47(60-53-17-9-7-15-49(53)50-16-8-10-18-54(50)60)35-48(34-46)61-55-29-23-42(40-11-3-1-4-12-40)31-51(55)52-32-43(24-30-56(52)61)41-13-5-2-6-14-41/h1-35H. The van der Waals surface area contributed by atoms with Gasteiger partial charge in [0.25, 0.3) is 0 Å². The smallest absolute Gasteiger partial charge is 0.0991 e. The fourth-order valence-electron chi connectivity index (χ4n) is 8.91. The SMILES string of the molecule is N#Cc1ccc(N(c2ccc(C#N)cc2)c2cc(-n3c4ccccc4c4ccccc43)cc(-n3c4ccc(-c5ccccc5)cc4c4cc(-c5ccccc5)ccc43)c2)cc1. The topological polar surface area (TPSA) is 60.7 Å². The molecule has 0 saturated heterocycles. The normalized spacial score (nSPS) is 11.2. The van der Waals surface area contributed by atoms with Crippen molar-refractivity contribution >= 4 is 60.7 Å². The molecule has 0 aliphatic heterocycles. The van der Waals surface area contributed by atoms with Crippen molar-refractivity contribution in [1.29, 1.82) is 10.5 Å². The quantitative estimate of drug-likeness (QED) is 0.162. The highest BCUT2D eigenvalue weighted by atomic mass is 15.1. The van der Waals surface area contributed by atoms with Gasteiger partial charge in [0.1, 0.15) is 0 Å². The van der Waals surface area contributed by atoms with Gasteiger partial charge in [-0.25, -0.2) is 0 Å². The molecule has 5 nitrogen and oxygen atoms in total. The average molecular weight is 778 g/mol. The number of rotatable bonds is 7. The molecule has 0 unspecified atom stereocenters. The van der Waals surface area contributed by atoms with Gasteiger partial charge in [-0.05, 0) is 125 Å². The third-order valence-corrected chi connectivity index (χ3v) is 11.7. The van der Waals surface area contributed by atoms with Crippen LogP contribution in [-0.4, -0.2) is 9.13 Å². The molecule has 5 heteroatoms. The number of nitriles is 2. The average Bonchev–Trinajstić information content (AvgIpc) is 3.85. The Bertz CT molecular complexity index is 3320. The summed E-state index contributed by atoms with van der Waals surface area (Å²) in [7, 11) is 0. The zero-order valence-electron chi connectivity index (χ0n) is 32.9. The van der Waals surface area contributed by atoms with E-state index in [1.165, 1.54) is 21.9 Å². The van der Waals surface area contributed by atoms with E-state index in [2.05, 4.69) is 190 Å². The van der Waals surface area contributed by atoms with Gasteiger partial charge < -0.3 is 14.0 Å². The highest BCUT2D eigenvalue weighted by molar-refractivity contribution is 6.12. The summed E-state index contributed by atoms with van der Waals surface area (Å²) < 4.78 is 4.76. The van der Waals surface area contributed by atoms with Gasteiger partial charge in [-0.3, -0.25) is 0 Å². The van der Waals surface area contributed by atoms with Crippen LogP contribution in [0, 0.1) is 22.7 Å². The first kappa shape index (κ1) is 35.5. The predicted molar refractivity (Wildman–Crippen MR) is 250 cm³/mol. The molecule has 0 saturated carbocycles. The van der Waals surface area contributed by atoms with E-state index in [4.69, 9.17) is 0 Å². The molecule has 0 amide bonds. The Morgan fingerprint density at radius 2 is 0.705 bits per heavy atom. The maximum Gasteiger partial charge on any atom is 0.0991 e. The second kappa shape index (κ2) is 14.6. The van der Waals surface area contributed by atoms with E-state index in [-0.39, 0.29) is 0 Å². The summed E-state index contributed by atoms with van der Waals surface area (Å²) in [6, 6.07) is 78.6. The second-order valence-electron chi connectivity index (χ2n) is 15.3. The van der Waals surface area contributed by atoms with Gasteiger partial charge in [0, 0.05) is 32.9 Å². The van der Waals surface area contributed by atoms with E-state index in [9.17, 15) is 10.5 Å². The first-order valence-electron chi connectivity index (χ1n) is 20.3. The number of fused-ring (bicyclic) bond motifs is 6. The molecule has 11 aromatic rings. The minimum absolute atomic E-state index is 0.582. The monoisotopic (exact) mass is 777 g/mol. The summed E-state index contributed by atoms with van der Waals surface area (Å²) in [4.78, 5) is 2.21. The van der Waals surface area contributed by atoms with Gasteiger partial charge in [0.15, 0.2) is 0 Å². The minimum atomic E-state index is 0.582. The maximum atomic E-state index is 9.75. The van der Waals surface area contributed by atoms with Crippen molar-refractivity contribution in [2.45, 2.75) is 0 Å². The largest absolute Gasteiger partial charge is 0.310 e. The molecule has 2 aromatic heterocycles. The second-order valence-corrected chi connectivity index (χ2v) is 15.3. The lowest BCUT2D eigenvalue weighted by Gasteiger charge is -2.27. The summed E-state index contributed by atoms with van der Waals surface area (Å²) in [6.07, 6.45) is 0. The first-order valence-corrected chi connectivity index (χ1v) is 20.3. The number of anilines is 3. The zero-order chi connectivity index (χ0) is 40.9. The predicted octanol–water partition coefficient (Wildman–Crippen LogP) is 14.4. The van der Waals surface area contributed by atoms with Crippen molar-refractivity contribution in [1.82, 2.24) is 9.13 Å². The van der Waals surface area contributed by atoms with Crippen LogP contribution >= 0.6 is 0 Å². The molecule has 0 aliphatic rings. The van der Waals surface area contributed by atoms with Crippen LogP contribution in [0.2, 0.25) is 0 Å². The van der Waals surface area contributed by atoms with Crippen LogP contribution in [0.25, 0.3) is 77.2 Å². The van der Waals surface area contributed by atoms with Crippen LogP contribution in [0.5, 0.6) is 0 Å². The van der Waals surface area contributed by atoms with Gasteiger partial charge in [0.05, 0.1) is 62.4 Å². The Morgan fingerprint density at radius 1 is 0.311 bits per heavy atom. The lowest BCUT2D eigenvalue weighted by atomic mass is 10.0. The molecule has 2 heterocycles. The highest BCUT2D eigenvalue weighted by Crippen LogP contribution is 2.42. The van der Waals surface area contributed by atoms with Crippen LogP contribution in [-0.2, 0) is 0 Å². The Balaban J connectivity index is 1.24. The van der Waals surface area contributed by atoms with E-state index in [1.807, 2.05) is 48.5 Å². The molecule has 61 heavy (non-hydrogen) atoms. The fourth-order valence-corrected chi connectivity index (χ4v) is 8.91. The third kappa shape index (κ3) is 6.09. The van der Waals surface area contributed by atoms with Crippen molar-refractivity contribution in [3.63, 3.8) is 0 Å². The third-order valence-electron chi connectivity index (χ3n) is 11.7. The van der Waals surface area contributed by atoms with Crippen molar-refractivity contribution in [2.75, 3.05) is 4.90 Å². The molecule has 11 rings (SSSR count). The molecule has 0 N–H and O–H groups in total. The van der Waals surface area contributed by atoms with Gasteiger partial charge in [0.2, 0.25) is 0 Å². The van der Waals surface area contributed by atoms with Gasteiger partial charge >= 0.3 is 0 Å². The van der Waals surface area contributed by atoms with Gasteiger partial charge in [-0.15, -0.1) is 0 Å². The van der Waals surface area contributed by atoms with Gasteiger partial charge in [-0.1, -0.05) is 109 Å². The van der Waals surface area contributed by atoms with Crippen molar-refractivity contribution in [3.05, 3.63) is 223 Å². The van der Waals surface area contributed by atoms with Crippen molar-refractivity contribution in [2.24, 2.45) is 0 Å². The lowest BCUT2D eigenvalue weighted by molar-refractivity contribution is 1.12. The summed E-state index contributed by atoms with van der Waals surface area (Å²) in [5, 5.41) is 24.2. The highest BCUT2D eigenvalue weighted by Gasteiger charge is 2.21. The van der Waals surface area contributed by atoms with E-state index in [1.54, 1.807) is 0 Å². The van der Waals surface area contributed by atoms with E-state index in [0.717, 1.165) is 72.4 Å². The fraction of sp³-hybridized carbons (Fsp3) is 0. The number of hydrogen-bond donors (Lipinski definition) is 0. The molecule has 0 radical (unpaired) electrons. The van der Waals surface area contributed by atoms with Crippen LogP contribution in [0.4, 0.5) is 17.1 Å². The van der Waals surface area contributed by atoms with Crippen molar-refractivity contribution < 1.29 is 0 Å². The van der Waals surface area contributed by atoms with E-state index in [0.29, 0.717) is 11.1 Å². The Labute approximate surface area is 353 Å². The molecule has 0 bridgehead atoms. The molecule has 0 fully saturated rings. The zero-order valence-corrected chi connectivity index (χ0v) is 32.9. The number of aromatic nitrogens is 2. The van der Waals surface area contributed by atoms with Crippen molar-refractivity contribution in [3.8, 4) is 45.8 Å². The lowest BCUT2D eigenvalue weighted by Crippen LogP contribution is -2.12. The maximum absolute atomic E-state index is 9.75. The van der Waals surface area contributed by atoms with Crippen LogP contribution in [0.1, 0.15) is 11.1 Å². The molecule has 284 valence electrons. The number of hydrogen-bond acceptors (Lipinski definition) is 3. The Hall–Kier alpha value is -8.64. The number of nitrogens with zero attached hydrogens (tertiary/aromatic N) is 5. The summed E-state index contributed by atoms with van der Waals surface area (Å²) >= 11 is 0. The molecule has 9 aromatic carbocycles. The first-order chi connectivity index (χ1) is 30.1. The van der Waals surface area contributed by atoms with Crippen LogP contribution < -0.4 is 4.90 Å². The van der Waals surface area contributed by atoms with Crippen LogP contribution in [0.15, 0.2) is 212 Å². The molecular weight excluding hydrogens is 743 g/mol. The Kier molecular flexibility index (Phi) is 8.52. The van der Waals surface area contributed by atoms with Gasteiger partial charge in [-0.2, -0.15) is 10.5 Å². The molecule has 0 aliphatic carbocycles. The minimum Gasteiger partial charge on any atom is -0.310 e. The molecule has 0 atom stereocenters. The van der Waals surface area contributed by atoms with Crippen LogP contribution in [0.3, 0.4) is 0 Å². The number of benzene rings is 9. The molecule has 0 spiro atoms. The summed E-state index contributed by atoms with van der Waals surface area (Å²) in [5.41, 5.74) is 14.9.